The number of likely N-dealkylation sites (tertiary alicyclic amines) is 1. The van der Waals surface area contributed by atoms with Crippen LogP contribution >= 0.6 is 0 Å². The first-order valence-corrected chi connectivity index (χ1v) is 11.2. The van der Waals surface area contributed by atoms with Gasteiger partial charge in [-0.3, -0.25) is 9.69 Å². The van der Waals surface area contributed by atoms with Crippen LogP contribution in [0.1, 0.15) is 70.5 Å². The number of hydrogen-bond acceptors (Lipinski definition) is 2. The summed E-state index contributed by atoms with van der Waals surface area (Å²) in [7, 11) is 0. The van der Waals surface area contributed by atoms with Gasteiger partial charge < -0.3 is 5.11 Å². The minimum absolute atomic E-state index is 0.264. The Balaban J connectivity index is 2.46. The fraction of sp³-hybridized carbons (Fsp3) is 0.640. The summed E-state index contributed by atoms with van der Waals surface area (Å²) in [5, 5.41) is 9.45. The van der Waals surface area contributed by atoms with Crippen LogP contribution in [0.15, 0.2) is 24.3 Å². The minimum Gasteiger partial charge on any atom is -0.481 e. The monoisotopic (exact) mass is 491 g/mol. The molecule has 1 N–H and O–H groups in total. The predicted octanol–water partition coefficient (Wildman–Crippen LogP) is 6.94. The third-order valence-electron chi connectivity index (χ3n) is 6.12. The van der Waals surface area contributed by atoms with E-state index in [2.05, 4.69) is 11.8 Å². The van der Waals surface area contributed by atoms with Gasteiger partial charge in [0.05, 0.1) is 17.5 Å². The standard InChI is InChI=1S/C25H31F6NO2/c1-16(22(33)34)18-11-14-32(20(9-12-23(2,3)4)10-13-24(26,27)28)21(15-18)17-5-7-19(8-6-17)25(29,30)31/h5-8,16,18,20-21H,10-11,13-15H2,1-4H3,(H,33,34)/t16?,18-,20-,21+/m1/s1. The Morgan fingerprint density at radius 3 is 2.18 bits per heavy atom. The summed E-state index contributed by atoms with van der Waals surface area (Å²) in [6.07, 6.45) is -9.45. The highest BCUT2D eigenvalue weighted by atomic mass is 19.4. The van der Waals surface area contributed by atoms with Crippen molar-refractivity contribution >= 4 is 5.97 Å². The van der Waals surface area contributed by atoms with Crippen molar-refractivity contribution in [1.82, 2.24) is 4.90 Å². The Bertz CT molecular complexity index is 890. The lowest BCUT2D eigenvalue weighted by Gasteiger charge is -2.44. The van der Waals surface area contributed by atoms with Crippen molar-refractivity contribution in [3.05, 3.63) is 35.4 Å². The SMILES string of the molecule is CC(C(=O)O)[C@@H]1CCN([C@H](C#CC(C)(C)C)CCC(F)(F)F)[C@H](c2ccc(C(F)(F)F)cc2)C1. The molecule has 1 aliphatic heterocycles. The van der Waals surface area contributed by atoms with Gasteiger partial charge >= 0.3 is 18.3 Å². The Labute approximate surface area is 196 Å². The molecule has 34 heavy (non-hydrogen) atoms. The zero-order valence-electron chi connectivity index (χ0n) is 19.7. The molecular weight excluding hydrogens is 460 g/mol. The first kappa shape index (κ1) is 28.0. The molecule has 0 aromatic heterocycles. The second kappa shape index (κ2) is 10.6. The van der Waals surface area contributed by atoms with Crippen molar-refractivity contribution in [2.24, 2.45) is 17.3 Å². The van der Waals surface area contributed by atoms with E-state index in [9.17, 15) is 36.2 Å². The molecule has 1 fully saturated rings. The van der Waals surface area contributed by atoms with E-state index in [1.54, 1.807) is 11.8 Å². The number of halogens is 6. The van der Waals surface area contributed by atoms with E-state index < -0.39 is 53.7 Å². The summed E-state index contributed by atoms with van der Waals surface area (Å²) in [5.41, 5.74) is -0.767. The van der Waals surface area contributed by atoms with Crippen LogP contribution in [0.2, 0.25) is 0 Å². The van der Waals surface area contributed by atoms with Crippen molar-refractivity contribution in [2.45, 2.75) is 77.8 Å². The summed E-state index contributed by atoms with van der Waals surface area (Å²) < 4.78 is 78.3. The number of carboxylic acid groups (broad SMARTS) is 1. The number of aliphatic carboxylic acids is 1. The Morgan fingerprint density at radius 2 is 1.71 bits per heavy atom. The topological polar surface area (TPSA) is 40.5 Å². The molecule has 0 spiro atoms. The van der Waals surface area contributed by atoms with Gasteiger partial charge in [-0.15, -0.1) is 0 Å². The number of rotatable bonds is 6. The van der Waals surface area contributed by atoms with Crippen LogP contribution in [0, 0.1) is 29.1 Å². The first-order chi connectivity index (χ1) is 15.5. The van der Waals surface area contributed by atoms with Crippen LogP contribution in [0.25, 0.3) is 0 Å². The summed E-state index contributed by atoms with van der Waals surface area (Å²) in [5.74, 6) is 4.06. The number of piperidine rings is 1. The van der Waals surface area contributed by atoms with Gasteiger partial charge in [-0.25, -0.2) is 0 Å². The largest absolute Gasteiger partial charge is 0.481 e. The van der Waals surface area contributed by atoms with Crippen LogP contribution in [-0.4, -0.2) is 34.7 Å². The van der Waals surface area contributed by atoms with Crippen molar-refractivity contribution in [3.8, 4) is 11.8 Å². The summed E-state index contributed by atoms with van der Waals surface area (Å²) in [6.45, 7) is 7.40. The molecule has 1 aliphatic rings. The molecule has 1 aromatic rings. The second-order valence-electron chi connectivity index (χ2n) is 9.97. The molecule has 3 nitrogen and oxygen atoms in total. The fourth-order valence-corrected chi connectivity index (χ4v) is 4.18. The van der Waals surface area contributed by atoms with Gasteiger partial charge in [-0.1, -0.05) is 30.9 Å². The third-order valence-corrected chi connectivity index (χ3v) is 6.12. The molecule has 1 heterocycles. The highest BCUT2D eigenvalue weighted by molar-refractivity contribution is 5.69. The molecule has 2 rings (SSSR count). The maximum Gasteiger partial charge on any atom is 0.416 e. The molecule has 0 bridgehead atoms. The third kappa shape index (κ3) is 8.23. The van der Waals surface area contributed by atoms with Gasteiger partial charge in [0.1, 0.15) is 0 Å². The zero-order valence-corrected chi connectivity index (χ0v) is 19.7. The van der Waals surface area contributed by atoms with Gasteiger partial charge in [0.2, 0.25) is 0 Å². The van der Waals surface area contributed by atoms with E-state index in [1.807, 2.05) is 20.8 Å². The van der Waals surface area contributed by atoms with E-state index in [1.165, 1.54) is 12.1 Å². The molecule has 0 radical (unpaired) electrons. The molecule has 0 aliphatic carbocycles. The normalized spacial score (nSPS) is 21.9. The maximum absolute atomic E-state index is 13.1. The van der Waals surface area contributed by atoms with Crippen LogP contribution in [0.4, 0.5) is 26.3 Å². The molecule has 1 saturated heterocycles. The van der Waals surface area contributed by atoms with Gasteiger partial charge in [0.25, 0.3) is 0 Å². The average Bonchev–Trinajstić information content (AvgIpc) is 2.71. The van der Waals surface area contributed by atoms with Crippen LogP contribution in [0.5, 0.6) is 0 Å². The summed E-state index contributed by atoms with van der Waals surface area (Å²) >= 11 is 0. The lowest BCUT2D eigenvalue weighted by atomic mass is 9.79. The van der Waals surface area contributed by atoms with Crippen LogP contribution < -0.4 is 0 Å². The lowest BCUT2D eigenvalue weighted by Crippen LogP contribution is -2.45. The number of carbonyl (C=O) groups is 1. The minimum atomic E-state index is -4.52. The average molecular weight is 492 g/mol. The van der Waals surface area contributed by atoms with Gasteiger partial charge in [0, 0.05) is 24.4 Å². The molecule has 1 unspecified atom stereocenters. The molecule has 4 atom stereocenters. The van der Waals surface area contributed by atoms with E-state index in [0.717, 1.165) is 12.1 Å². The number of carboxylic acids is 1. The number of hydrogen-bond donors (Lipinski definition) is 1. The van der Waals surface area contributed by atoms with Crippen molar-refractivity contribution in [1.29, 1.82) is 0 Å². The molecule has 0 saturated carbocycles. The van der Waals surface area contributed by atoms with Gasteiger partial charge in [0.15, 0.2) is 0 Å². The summed E-state index contributed by atoms with van der Waals surface area (Å²) in [4.78, 5) is 13.4. The van der Waals surface area contributed by atoms with Crippen LogP contribution in [0.3, 0.4) is 0 Å². The maximum atomic E-state index is 13.1. The molecule has 0 amide bonds. The highest BCUT2D eigenvalue weighted by Crippen LogP contribution is 2.41. The molecule has 190 valence electrons. The fourth-order valence-electron chi connectivity index (χ4n) is 4.18. The molecule has 9 heteroatoms. The Hall–Kier alpha value is -2.21. The lowest BCUT2D eigenvalue weighted by molar-refractivity contribution is -0.145. The molecule has 1 aromatic carbocycles. The van der Waals surface area contributed by atoms with E-state index >= 15 is 0 Å². The molecular formula is C25H31F6NO2. The van der Waals surface area contributed by atoms with E-state index in [-0.39, 0.29) is 12.3 Å². The smallest absolute Gasteiger partial charge is 0.416 e. The number of alkyl halides is 6. The van der Waals surface area contributed by atoms with Crippen molar-refractivity contribution in [3.63, 3.8) is 0 Å². The van der Waals surface area contributed by atoms with Crippen molar-refractivity contribution < 1.29 is 36.2 Å². The first-order valence-electron chi connectivity index (χ1n) is 11.2. The van der Waals surface area contributed by atoms with E-state index in [4.69, 9.17) is 0 Å². The van der Waals surface area contributed by atoms with Gasteiger partial charge in [-0.2, -0.15) is 26.3 Å². The number of benzene rings is 1. The van der Waals surface area contributed by atoms with Crippen LogP contribution in [-0.2, 0) is 11.0 Å². The summed E-state index contributed by atoms with van der Waals surface area (Å²) in [6, 6.07) is 3.23. The second-order valence-corrected chi connectivity index (χ2v) is 9.97. The predicted molar refractivity (Wildman–Crippen MR) is 117 cm³/mol. The van der Waals surface area contributed by atoms with Gasteiger partial charge in [-0.05, 0) is 63.6 Å². The quantitative estimate of drug-likeness (QED) is 0.346. The number of nitrogens with zero attached hydrogens (tertiary/aromatic N) is 1. The van der Waals surface area contributed by atoms with Crippen molar-refractivity contribution in [2.75, 3.05) is 6.54 Å². The van der Waals surface area contributed by atoms with E-state index in [0.29, 0.717) is 24.9 Å². The highest BCUT2D eigenvalue weighted by Gasteiger charge is 2.39. The Kier molecular flexibility index (Phi) is 8.73. The Morgan fingerprint density at radius 1 is 1.12 bits per heavy atom. The zero-order chi connectivity index (χ0) is 25.9.